The lowest BCUT2D eigenvalue weighted by molar-refractivity contribution is 0.0988. The summed E-state index contributed by atoms with van der Waals surface area (Å²) in [6.07, 6.45) is 0.359. The second-order valence-corrected chi connectivity index (χ2v) is 4.28. The lowest BCUT2D eigenvalue weighted by Gasteiger charge is -2.02. The second kappa shape index (κ2) is 5.03. The number of ketones is 1. The summed E-state index contributed by atoms with van der Waals surface area (Å²) >= 11 is 12.9. The molecular weight excluding hydrogens is 272 g/mol. The molecule has 0 aliphatic rings. The van der Waals surface area contributed by atoms with Crippen LogP contribution in [0.1, 0.15) is 16.8 Å². The number of carbonyl (C=O) groups is 1. The van der Waals surface area contributed by atoms with Gasteiger partial charge in [-0.25, -0.2) is 0 Å². The Hall–Kier alpha value is 0.01000. The van der Waals surface area contributed by atoms with E-state index in [1.54, 1.807) is 6.07 Å². The molecule has 0 N–H and O–H groups in total. The van der Waals surface area contributed by atoms with Gasteiger partial charge in [0.25, 0.3) is 0 Å². The number of alkyl halides is 1. The summed E-state index contributed by atoms with van der Waals surface area (Å²) in [5.74, 6) is 0.389. The Labute approximate surface area is 96.0 Å². The van der Waals surface area contributed by atoms with Gasteiger partial charge in [-0.3, -0.25) is 4.79 Å². The van der Waals surface area contributed by atoms with Crippen molar-refractivity contribution >= 4 is 45.9 Å². The fourth-order valence-corrected chi connectivity index (χ4v) is 1.79. The average molecular weight is 280 g/mol. The van der Waals surface area contributed by atoms with Crippen LogP contribution < -0.4 is 0 Å². The maximum atomic E-state index is 11.5. The molecule has 70 valence electrons. The predicted octanol–water partition coefficient (Wildman–Crippen LogP) is 3.55. The first kappa shape index (κ1) is 11.1. The first-order valence-electron chi connectivity index (χ1n) is 3.73. The quantitative estimate of drug-likeness (QED) is 0.509. The molecule has 0 saturated carbocycles. The van der Waals surface area contributed by atoms with Crippen LogP contribution in [0.2, 0.25) is 0 Å². The molecule has 13 heavy (non-hydrogen) atoms. The zero-order chi connectivity index (χ0) is 9.84. The summed E-state index contributed by atoms with van der Waals surface area (Å²) in [7, 11) is 0. The monoisotopic (exact) mass is 278 g/mol. The van der Waals surface area contributed by atoms with Gasteiger partial charge in [0.2, 0.25) is 0 Å². The smallest absolute Gasteiger partial charge is 0.165 e. The third-order valence-electron chi connectivity index (χ3n) is 1.57. The zero-order valence-corrected chi connectivity index (χ0v) is 9.99. The molecule has 0 spiro atoms. The number of hydrogen-bond acceptors (Lipinski definition) is 2. The molecule has 4 heteroatoms. The highest BCUT2D eigenvalue weighted by Gasteiger charge is 2.09. The summed E-state index contributed by atoms with van der Waals surface area (Å²) in [6.45, 7) is 0. The zero-order valence-electron chi connectivity index (χ0n) is 6.76. The minimum atomic E-state index is 0.0396. The maximum Gasteiger partial charge on any atom is 0.165 e. The molecule has 0 fully saturated rings. The van der Waals surface area contributed by atoms with E-state index in [2.05, 4.69) is 28.6 Å². The van der Waals surface area contributed by atoms with Crippen LogP contribution in [0.3, 0.4) is 0 Å². The van der Waals surface area contributed by atoms with Gasteiger partial charge in [-0.1, -0.05) is 15.9 Å². The van der Waals surface area contributed by atoms with Gasteiger partial charge in [0.15, 0.2) is 5.78 Å². The number of carbonyl (C=O) groups excluding carboxylic acids is 1. The van der Waals surface area contributed by atoms with Crippen molar-refractivity contribution in [3.63, 3.8) is 0 Å². The Balaban J connectivity index is 2.99. The molecular formula is C9H8BrClOS. The first-order valence-corrected chi connectivity index (χ1v) is 5.50. The topological polar surface area (TPSA) is 17.1 Å². The molecule has 0 atom stereocenters. The summed E-state index contributed by atoms with van der Waals surface area (Å²) < 4.78 is 0.792. The highest BCUT2D eigenvalue weighted by molar-refractivity contribution is 9.10. The van der Waals surface area contributed by atoms with E-state index in [1.807, 2.05) is 12.1 Å². The van der Waals surface area contributed by atoms with Crippen molar-refractivity contribution < 1.29 is 4.79 Å². The molecule has 0 amide bonds. The lowest BCUT2D eigenvalue weighted by Crippen LogP contribution is -2.00. The van der Waals surface area contributed by atoms with Crippen LogP contribution in [0, 0.1) is 0 Å². The van der Waals surface area contributed by atoms with Crippen molar-refractivity contribution in [3.8, 4) is 0 Å². The molecule has 0 unspecified atom stereocenters. The Kier molecular flexibility index (Phi) is 4.29. The van der Waals surface area contributed by atoms with Crippen molar-refractivity contribution in [2.24, 2.45) is 0 Å². The fraction of sp³-hybridized carbons (Fsp3) is 0.222. The molecule has 0 bridgehead atoms. The standard InChI is InChI=1S/C9H8BrClOS/c10-8-2-1-6(13)5-7(8)9(12)3-4-11/h1-2,5,13H,3-4H2. The number of Topliss-reactive ketones (excluding diaryl/α,β-unsaturated/α-hetero) is 1. The van der Waals surface area contributed by atoms with Gasteiger partial charge in [0.1, 0.15) is 0 Å². The van der Waals surface area contributed by atoms with Crippen molar-refractivity contribution in [2.45, 2.75) is 11.3 Å². The molecule has 1 rings (SSSR count). The molecule has 0 heterocycles. The molecule has 0 saturated heterocycles. The Bertz CT molecular complexity index is 327. The second-order valence-electron chi connectivity index (χ2n) is 2.53. The molecule has 0 aromatic heterocycles. The van der Waals surface area contributed by atoms with Gasteiger partial charge in [0.05, 0.1) is 0 Å². The summed E-state index contributed by atoms with van der Waals surface area (Å²) in [4.78, 5) is 12.2. The highest BCUT2D eigenvalue weighted by atomic mass is 79.9. The van der Waals surface area contributed by atoms with Crippen molar-refractivity contribution in [2.75, 3.05) is 5.88 Å². The van der Waals surface area contributed by atoms with Crippen LogP contribution in [0.5, 0.6) is 0 Å². The summed E-state index contributed by atoms with van der Waals surface area (Å²) in [6, 6.07) is 5.37. The Morgan fingerprint density at radius 2 is 2.23 bits per heavy atom. The Morgan fingerprint density at radius 3 is 2.85 bits per heavy atom. The van der Waals surface area contributed by atoms with E-state index in [0.717, 1.165) is 9.37 Å². The number of hydrogen-bond donors (Lipinski definition) is 1. The van der Waals surface area contributed by atoms with E-state index in [-0.39, 0.29) is 5.78 Å². The fourth-order valence-electron chi connectivity index (χ4n) is 0.947. The number of halogens is 2. The van der Waals surface area contributed by atoms with E-state index in [1.165, 1.54) is 0 Å². The molecule has 1 nitrogen and oxygen atoms in total. The molecule has 0 radical (unpaired) electrons. The summed E-state index contributed by atoms with van der Waals surface area (Å²) in [5, 5.41) is 0. The van der Waals surface area contributed by atoms with Gasteiger partial charge >= 0.3 is 0 Å². The SMILES string of the molecule is O=C(CCCl)c1cc(S)ccc1Br. The third kappa shape index (κ3) is 3.01. The van der Waals surface area contributed by atoms with Gasteiger partial charge in [-0.2, -0.15) is 0 Å². The first-order chi connectivity index (χ1) is 6.15. The summed E-state index contributed by atoms with van der Waals surface area (Å²) in [5.41, 5.74) is 0.646. The van der Waals surface area contributed by atoms with Crippen LogP contribution in [-0.2, 0) is 0 Å². The lowest BCUT2D eigenvalue weighted by atomic mass is 10.1. The van der Waals surface area contributed by atoms with E-state index >= 15 is 0 Å². The van der Waals surface area contributed by atoms with Crippen molar-refractivity contribution in [3.05, 3.63) is 28.2 Å². The molecule has 0 aliphatic carbocycles. The van der Waals surface area contributed by atoms with Crippen LogP contribution in [-0.4, -0.2) is 11.7 Å². The third-order valence-corrected chi connectivity index (χ3v) is 2.73. The van der Waals surface area contributed by atoms with Crippen molar-refractivity contribution in [1.29, 1.82) is 0 Å². The number of benzene rings is 1. The number of rotatable bonds is 3. The van der Waals surface area contributed by atoms with Gasteiger partial charge in [-0.05, 0) is 18.2 Å². The minimum Gasteiger partial charge on any atom is -0.294 e. The van der Waals surface area contributed by atoms with Gasteiger partial charge in [-0.15, -0.1) is 24.2 Å². The average Bonchev–Trinajstić information content (AvgIpc) is 2.09. The van der Waals surface area contributed by atoms with Crippen LogP contribution in [0.4, 0.5) is 0 Å². The van der Waals surface area contributed by atoms with Crippen molar-refractivity contribution in [1.82, 2.24) is 0 Å². The molecule has 1 aromatic carbocycles. The highest BCUT2D eigenvalue weighted by Crippen LogP contribution is 2.21. The van der Waals surface area contributed by atoms with Gasteiger partial charge in [0, 0.05) is 27.2 Å². The van der Waals surface area contributed by atoms with Crippen LogP contribution in [0.15, 0.2) is 27.6 Å². The van der Waals surface area contributed by atoms with E-state index < -0.39 is 0 Å². The molecule has 1 aromatic rings. The predicted molar refractivity (Wildman–Crippen MR) is 61.1 cm³/mol. The minimum absolute atomic E-state index is 0.0396. The normalized spacial score (nSPS) is 10.1. The van der Waals surface area contributed by atoms with E-state index in [0.29, 0.717) is 17.9 Å². The van der Waals surface area contributed by atoms with Crippen LogP contribution >= 0.6 is 40.2 Å². The van der Waals surface area contributed by atoms with Gasteiger partial charge < -0.3 is 0 Å². The Morgan fingerprint density at radius 1 is 1.54 bits per heavy atom. The van der Waals surface area contributed by atoms with E-state index in [9.17, 15) is 4.79 Å². The molecule has 0 aliphatic heterocycles. The maximum absolute atomic E-state index is 11.5. The van der Waals surface area contributed by atoms with E-state index in [4.69, 9.17) is 11.6 Å². The largest absolute Gasteiger partial charge is 0.294 e. The van der Waals surface area contributed by atoms with Crippen LogP contribution in [0.25, 0.3) is 0 Å². The number of thiol groups is 1.